The minimum Gasteiger partial charge on any atom is -0.469 e. The summed E-state index contributed by atoms with van der Waals surface area (Å²) in [5.41, 5.74) is 3.27. The molecule has 0 saturated carbocycles. The first-order chi connectivity index (χ1) is 8.20. The van der Waals surface area contributed by atoms with Crippen molar-refractivity contribution in [2.75, 3.05) is 7.11 Å². The van der Waals surface area contributed by atoms with E-state index < -0.39 is 23.2 Å². The van der Waals surface area contributed by atoms with Gasteiger partial charge in [0.05, 0.1) is 18.2 Å². The summed E-state index contributed by atoms with van der Waals surface area (Å²) in [4.78, 5) is 20.2. The summed E-state index contributed by atoms with van der Waals surface area (Å²) in [5, 5.41) is 0. The lowest BCUT2D eigenvalue weighted by Gasteiger charge is -2.09. The minimum atomic E-state index is -4.54. The first-order valence-corrected chi connectivity index (χ1v) is 4.70. The number of primary amides is 1. The summed E-state index contributed by atoms with van der Waals surface area (Å²) >= 11 is 0. The Bertz CT molecular complexity index is 430. The Balaban J connectivity index is 0.000000494. The molecule has 1 aromatic rings. The standard InChI is InChI=1S/C8H6F3NO.C3H6O2/c9-8(10,11)6-4-2-1-3-5(6)7(12)13;1-3(4)5-2/h1-4H,(H2,12,13);1-2H3. The number of ether oxygens (including phenoxy) is 1. The molecule has 0 atom stereocenters. The van der Waals surface area contributed by atoms with Crippen molar-refractivity contribution in [3.05, 3.63) is 35.4 Å². The quantitative estimate of drug-likeness (QED) is 0.788. The van der Waals surface area contributed by atoms with E-state index in [0.717, 1.165) is 12.1 Å². The second-order valence-electron chi connectivity index (χ2n) is 3.10. The molecule has 0 aliphatic carbocycles. The summed E-state index contributed by atoms with van der Waals surface area (Å²) in [5.74, 6) is -1.32. The van der Waals surface area contributed by atoms with E-state index in [1.54, 1.807) is 0 Å². The molecule has 18 heavy (non-hydrogen) atoms. The molecule has 0 spiro atoms. The highest BCUT2D eigenvalue weighted by Gasteiger charge is 2.34. The normalized spacial score (nSPS) is 10.1. The molecule has 100 valence electrons. The number of hydrogen-bond donors (Lipinski definition) is 1. The van der Waals surface area contributed by atoms with Crippen LogP contribution < -0.4 is 5.73 Å². The van der Waals surface area contributed by atoms with Crippen LogP contribution >= 0.6 is 0 Å². The van der Waals surface area contributed by atoms with E-state index in [1.165, 1.54) is 26.2 Å². The van der Waals surface area contributed by atoms with Crippen LogP contribution in [0.15, 0.2) is 24.3 Å². The predicted octanol–water partition coefficient (Wildman–Crippen LogP) is 1.98. The number of esters is 1. The SMILES string of the molecule is COC(C)=O.NC(=O)c1ccccc1C(F)(F)F. The molecule has 2 N–H and O–H groups in total. The van der Waals surface area contributed by atoms with E-state index in [1.807, 2.05) is 0 Å². The van der Waals surface area contributed by atoms with Crippen LogP contribution in [0.3, 0.4) is 0 Å². The zero-order valence-electron chi connectivity index (χ0n) is 9.75. The van der Waals surface area contributed by atoms with Gasteiger partial charge in [-0.1, -0.05) is 12.1 Å². The van der Waals surface area contributed by atoms with Crippen molar-refractivity contribution in [2.45, 2.75) is 13.1 Å². The third-order valence-corrected chi connectivity index (χ3v) is 1.79. The Labute approximate surface area is 102 Å². The number of hydrogen-bond acceptors (Lipinski definition) is 3. The van der Waals surface area contributed by atoms with E-state index in [0.29, 0.717) is 0 Å². The number of alkyl halides is 3. The van der Waals surface area contributed by atoms with E-state index in [2.05, 4.69) is 4.74 Å². The number of rotatable bonds is 1. The van der Waals surface area contributed by atoms with Gasteiger partial charge in [-0.2, -0.15) is 13.2 Å². The van der Waals surface area contributed by atoms with Gasteiger partial charge in [0.15, 0.2) is 0 Å². The van der Waals surface area contributed by atoms with Crippen molar-refractivity contribution in [3.63, 3.8) is 0 Å². The van der Waals surface area contributed by atoms with E-state index in [-0.39, 0.29) is 5.97 Å². The number of nitrogens with two attached hydrogens (primary N) is 1. The predicted molar refractivity (Wildman–Crippen MR) is 57.7 cm³/mol. The first-order valence-electron chi connectivity index (χ1n) is 4.70. The summed E-state index contributed by atoms with van der Waals surface area (Å²) in [6, 6.07) is 4.40. The van der Waals surface area contributed by atoms with E-state index >= 15 is 0 Å². The number of methoxy groups -OCH3 is 1. The average Bonchev–Trinajstić information content (AvgIpc) is 2.28. The fourth-order valence-electron chi connectivity index (χ4n) is 0.945. The second kappa shape index (κ2) is 6.63. The maximum atomic E-state index is 12.2. The van der Waals surface area contributed by atoms with Gasteiger partial charge in [0.2, 0.25) is 5.91 Å². The summed E-state index contributed by atoms with van der Waals surface area (Å²) in [6.45, 7) is 1.36. The van der Waals surface area contributed by atoms with Gasteiger partial charge in [-0.05, 0) is 12.1 Å². The number of carbonyl (C=O) groups is 2. The minimum absolute atomic E-state index is 0.245. The van der Waals surface area contributed by atoms with Gasteiger partial charge in [-0.3, -0.25) is 9.59 Å². The molecule has 0 aliphatic heterocycles. The molecule has 1 rings (SSSR count). The molecule has 0 aliphatic rings. The van der Waals surface area contributed by atoms with Crippen LogP contribution in [0.1, 0.15) is 22.8 Å². The van der Waals surface area contributed by atoms with Crippen molar-refractivity contribution >= 4 is 11.9 Å². The molecule has 1 aromatic carbocycles. The molecule has 4 nitrogen and oxygen atoms in total. The summed E-state index contributed by atoms with van der Waals surface area (Å²) < 4.78 is 40.7. The highest BCUT2D eigenvalue weighted by molar-refractivity contribution is 5.94. The Morgan fingerprint density at radius 3 is 1.94 bits per heavy atom. The van der Waals surface area contributed by atoms with Gasteiger partial charge in [-0.25, -0.2) is 0 Å². The van der Waals surface area contributed by atoms with E-state index in [4.69, 9.17) is 5.73 Å². The molecule has 1 amide bonds. The Hall–Kier alpha value is -2.05. The maximum absolute atomic E-state index is 12.2. The van der Waals surface area contributed by atoms with Crippen LogP contribution in [0.4, 0.5) is 13.2 Å². The van der Waals surface area contributed by atoms with Gasteiger partial charge >= 0.3 is 12.1 Å². The van der Waals surface area contributed by atoms with Crippen LogP contribution in [0.2, 0.25) is 0 Å². The molecule has 0 bridgehead atoms. The number of amides is 1. The largest absolute Gasteiger partial charge is 0.469 e. The van der Waals surface area contributed by atoms with Crippen LogP contribution in [-0.2, 0) is 15.7 Å². The molecule has 0 fully saturated rings. The van der Waals surface area contributed by atoms with Crippen molar-refractivity contribution in [2.24, 2.45) is 5.73 Å². The monoisotopic (exact) mass is 263 g/mol. The van der Waals surface area contributed by atoms with Gasteiger partial charge in [-0.15, -0.1) is 0 Å². The molecule has 7 heteroatoms. The molecular weight excluding hydrogens is 251 g/mol. The molecule has 0 heterocycles. The highest BCUT2D eigenvalue weighted by atomic mass is 19.4. The fraction of sp³-hybridized carbons (Fsp3) is 0.273. The number of halogens is 3. The number of benzene rings is 1. The molecular formula is C11H12F3NO3. The van der Waals surface area contributed by atoms with Crippen LogP contribution in [0, 0.1) is 0 Å². The Morgan fingerprint density at radius 2 is 1.67 bits per heavy atom. The fourth-order valence-corrected chi connectivity index (χ4v) is 0.945. The van der Waals surface area contributed by atoms with Crippen molar-refractivity contribution in [3.8, 4) is 0 Å². The molecule has 0 saturated heterocycles. The van der Waals surface area contributed by atoms with Crippen LogP contribution in [0.25, 0.3) is 0 Å². The van der Waals surface area contributed by atoms with Gasteiger partial charge in [0, 0.05) is 6.92 Å². The molecule has 0 radical (unpaired) electrons. The van der Waals surface area contributed by atoms with Crippen molar-refractivity contribution < 1.29 is 27.5 Å². The van der Waals surface area contributed by atoms with Gasteiger partial charge in [0.1, 0.15) is 0 Å². The van der Waals surface area contributed by atoms with Gasteiger partial charge in [0.25, 0.3) is 0 Å². The lowest BCUT2D eigenvalue weighted by molar-refractivity contribution is -0.138. The lowest BCUT2D eigenvalue weighted by atomic mass is 10.1. The smallest absolute Gasteiger partial charge is 0.417 e. The van der Waals surface area contributed by atoms with Crippen molar-refractivity contribution in [1.82, 2.24) is 0 Å². The van der Waals surface area contributed by atoms with Gasteiger partial charge < -0.3 is 10.5 Å². The summed E-state index contributed by atoms with van der Waals surface area (Å²) in [6.07, 6.45) is -4.54. The molecule has 0 aromatic heterocycles. The summed E-state index contributed by atoms with van der Waals surface area (Å²) in [7, 11) is 1.35. The van der Waals surface area contributed by atoms with Crippen molar-refractivity contribution in [1.29, 1.82) is 0 Å². The lowest BCUT2D eigenvalue weighted by Crippen LogP contribution is -2.18. The average molecular weight is 263 g/mol. The Morgan fingerprint density at radius 1 is 1.22 bits per heavy atom. The maximum Gasteiger partial charge on any atom is 0.417 e. The first kappa shape index (κ1) is 16.0. The second-order valence-corrected chi connectivity index (χ2v) is 3.10. The Kier molecular flexibility index (Phi) is 5.87. The third-order valence-electron chi connectivity index (χ3n) is 1.79. The van der Waals surface area contributed by atoms with E-state index in [9.17, 15) is 22.8 Å². The topological polar surface area (TPSA) is 69.4 Å². The molecule has 0 unspecified atom stereocenters. The number of carbonyl (C=O) groups excluding carboxylic acids is 2. The van der Waals surface area contributed by atoms with Crippen LogP contribution in [0.5, 0.6) is 0 Å². The third kappa shape index (κ3) is 5.33. The highest BCUT2D eigenvalue weighted by Crippen LogP contribution is 2.31. The van der Waals surface area contributed by atoms with Crippen LogP contribution in [-0.4, -0.2) is 19.0 Å². The zero-order chi connectivity index (χ0) is 14.3. The zero-order valence-corrected chi connectivity index (χ0v) is 9.75.